The van der Waals surface area contributed by atoms with Crippen LogP contribution in [0.15, 0.2) is 42.6 Å². The maximum atomic E-state index is 13.8. The van der Waals surface area contributed by atoms with Gasteiger partial charge in [-0.05, 0) is 55.4 Å². The van der Waals surface area contributed by atoms with Gasteiger partial charge in [0.05, 0.1) is 0 Å². The van der Waals surface area contributed by atoms with Gasteiger partial charge in [0.1, 0.15) is 17.3 Å². The van der Waals surface area contributed by atoms with Gasteiger partial charge in [-0.3, -0.25) is 14.5 Å². The number of pyridine rings is 1. The zero-order valence-corrected chi connectivity index (χ0v) is 24.1. The van der Waals surface area contributed by atoms with E-state index in [1.54, 1.807) is 19.1 Å². The van der Waals surface area contributed by atoms with Crippen molar-refractivity contribution in [1.82, 2.24) is 15.1 Å². The zero-order chi connectivity index (χ0) is 28.1. The number of piperidine rings is 1. The Morgan fingerprint density at radius 2 is 1.73 bits per heavy atom. The minimum atomic E-state index is -0.726. The first-order chi connectivity index (χ1) is 19.4. The van der Waals surface area contributed by atoms with Crippen LogP contribution in [0.25, 0.3) is 0 Å². The molecule has 3 fully saturated rings. The molecule has 2 saturated heterocycles. The van der Waals surface area contributed by atoms with Crippen LogP contribution in [-0.2, 0) is 16.1 Å². The lowest BCUT2D eigenvalue weighted by Crippen LogP contribution is -2.73. The summed E-state index contributed by atoms with van der Waals surface area (Å²) in [7, 11) is 0. The lowest BCUT2D eigenvalue weighted by molar-refractivity contribution is -0.612. The van der Waals surface area contributed by atoms with Crippen molar-refractivity contribution in [3.8, 4) is 11.5 Å². The minimum Gasteiger partial charge on any atom is -0.618 e. The molecule has 3 heterocycles. The van der Waals surface area contributed by atoms with Gasteiger partial charge in [-0.25, -0.2) is 0 Å². The highest BCUT2D eigenvalue weighted by Crippen LogP contribution is 2.36. The molecule has 3 aliphatic rings. The van der Waals surface area contributed by atoms with E-state index in [1.165, 1.54) is 38.3 Å². The highest BCUT2D eigenvalue weighted by atomic mass is 16.5. The molecule has 216 valence electrons. The van der Waals surface area contributed by atoms with Gasteiger partial charge in [0.2, 0.25) is 18.0 Å². The second kappa shape index (κ2) is 12.6. The van der Waals surface area contributed by atoms with Crippen molar-refractivity contribution < 1.29 is 19.1 Å². The van der Waals surface area contributed by atoms with Crippen molar-refractivity contribution >= 4 is 11.8 Å². The molecule has 1 aromatic heterocycles. The van der Waals surface area contributed by atoms with Crippen molar-refractivity contribution in [3.63, 3.8) is 0 Å². The fourth-order valence-electron chi connectivity index (χ4n) is 6.66. The highest BCUT2D eigenvalue weighted by Gasteiger charge is 2.53. The number of carbonyl (C=O) groups excluding carboxylic acids is 2. The number of piperazine rings is 1. The number of unbranched alkanes of at least 4 members (excludes halogenated alkanes) is 1. The Balaban J connectivity index is 1.19. The minimum absolute atomic E-state index is 0.0562. The number of aromatic nitrogens is 1. The van der Waals surface area contributed by atoms with Gasteiger partial charge in [-0.2, -0.15) is 4.73 Å². The molecule has 0 unspecified atom stereocenters. The second-order valence-electron chi connectivity index (χ2n) is 12.0. The first-order valence-corrected chi connectivity index (χ1v) is 15.2. The second-order valence-corrected chi connectivity index (χ2v) is 12.0. The first kappa shape index (κ1) is 28.4. The van der Waals surface area contributed by atoms with Crippen LogP contribution in [0.5, 0.6) is 11.5 Å². The predicted octanol–water partition coefficient (Wildman–Crippen LogP) is 4.85. The topological polar surface area (TPSA) is 88.8 Å². The molecule has 8 nitrogen and oxygen atoms in total. The van der Waals surface area contributed by atoms with E-state index in [0.717, 1.165) is 49.2 Å². The zero-order valence-electron chi connectivity index (χ0n) is 24.1. The first-order valence-electron chi connectivity index (χ1n) is 15.2. The molecule has 1 atom stereocenters. The molecular formula is C32H44N4O4. The van der Waals surface area contributed by atoms with E-state index in [1.807, 2.05) is 29.2 Å². The van der Waals surface area contributed by atoms with Gasteiger partial charge < -0.3 is 20.2 Å². The van der Waals surface area contributed by atoms with Gasteiger partial charge in [-0.1, -0.05) is 57.6 Å². The number of carbonyl (C=O) groups is 2. The fraction of sp³-hybridized carbons (Fsp3) is 0.594. The lowest BCUT2D eigenvalue weighted by Gasteiger charge is -2.52. The summed E-state index contributed by atoms with van der Waals surface area (Å²) in [5, 5.41) is 15.0. The normalized spacial score (nSPS) is 21.9. The fourth-order valence-corrected chi connectivity index (χ4v) is 6.66. The average Bonchev–Trinajstić information content (AvgIpc) is 2.96. The van der Waals surface area contributed by atoms with E-state index in [0.29, 0.717) is 42.5 Å². The summed E-state index contributed by atoms with van der Waals surface area (Å²) in [6, 6.07) is 11.1. The molecule has 2 amide bonds. The van der Waals surface area contributed by atoms with Crippen LogP contribution in [0.2, 0.25) is 0 Å². The van der Waals surface area contributed by atoms with Gasteiger partial charge in [0.25, 0.3) is 0 Å². The molecule has 1 aromatic carbocycles. The van der Waals surface area contributed by atoms with Gasteiger partial charge in [-0.15, -0.1) is 0 Å². The number of nitrogens with one attached hydrogen (secondary N) is 1. The third-order valence-electron chi connectivity index (χ3n) is 9.17. The van der Waals surface area contributed by atoms with Gasteiger partial charge in [0, 0.05) is 39.2 Å². The average molecular weight is 549 g/mol. The van der Waals surface area contributed by atoms with Crippen molar-refractivity contribution in [1.29, 1.82) is 0 Å². The predicted molar refractivity (Wildman–Crippen MR) is 154 cm³/mol. The molecule has 0 bridgehead atoms. The summed E-state index contributed by atoms with van der Waals surface area (Å²) in [6.45, 7) is 6.86. The van der Waals surface area contributed by atoms with E-state index in [4.69, 9.17) is 4.74 Å². The third-order valence-corrected chi connectivity index (χ3v) is 9.17. The number of amides is 2. The molecule has 1 N–H and O–H groups in total. The number of nitrogens with zero attached hydrogens (tertiary/aromatic N) is 3. The molecule has 40 heavy (non-hydrogen) atoms. The third kappa shape index (κ3) is 6.27. The number of benzene rings is 1. The van der Waals surface area contributed by atoms with E-state index < -0.39 is 5.54 Å². The van der Waals surface area contributed by atoms with Crippen molar-refractivity contribution in [2.24, 2.45) is 5.92 Å². The van der Waals surface area contributed by atoms with Crippen LogP contribution in [-0.4, -0.2) is 52.8 Å². The van der Waals surface area contributed by atoms with E-state index in [2.05, 4.69) is 17.1 Å². The molecule has 0 radical (unpaired) electrons. The molecular weight excluding hydrogens is 504 g/mol. The summed E-state index contributed by atoms with van der Waals surface area (Å²) >= 11 is 0. The quantitative estimate of drug-likeness (QED) is 0.357. The SMILES string of the molecule is CCCCN1C(=O)[C@H](CC2CCCCC2)NC(=O)C12CCN(Cc1ccc(Oc3ccc(C)[n+]([O-])c3)cc1)CC2. The van der Waals surface area contributed by atoms with Crippen LogP contribution in [0.1, 0.15) is 82.4 Å². The van der Waals surface area contributed by atoms with Crippen LogP contribution < -0.4 is 14.8 Å². The Morgan fingerprint density at radius 1 is 1.02 bits per heavy atom. The highest BCUT2D eigenvalue weighted by molar-refractivity contribution is 6.00. The van der Waals surface area contributed by atoms with Gasteiger partial charge in [0.15, 0.2) is 11.4 Å². The number of ether oxygens (including phenoxy) is 1. The molecule has 1 aliphatic carbocycles. The van der Waals surface area contributed by atoms with Crippen molar-refractivity contribution in [2.75, 3.05) is 19.6 Å². The summed E-state index contributed by atoms with van der Waals surface area (Å²) in [5.74, 6) is 1.92. The lowest BCUT2D eigenvalue weighted by atomic mass is 9.79. The van der Waals surface area contributed by atoms with Crippen LogP contribution in [0, 0.1) is 18.0 Å². The molecule has 1 saturated carbocycles. The molecule has 2 aromatic rings. The Hall–Kier alpha value is -3.13. The molecule has 8 heteroatoms. The van der Waals surface area contributed by atoms with Crippen LogP contribution in [0.3, 0.4) is 0 Å². The molecule has 1 spiro atoms. The van der Waals surface area contributed by atoms with Gasteiger partial charge >= 0.3 is 0 Å². The maximum Gasteiger partial charge on any atom is 0.246 e. The summed E-state index contributed by atoms with van der Waals surface area (Å²) in [4.78, 5) is 31.8. The number of likely N-dealkylation sites (tertiary alicyclic amines) is 1. The smallest absolute Gasteiger partial charge is 0.246 e. The Bertz CT molecular complexity index is 1170. The van der Waals surface area contributed by atoms with E-state index >= 15 is 0 Å². The largest absolute Gasteiger partial charge is 0.618 e. The molecule has 5 rings (SSSR count). The number of hydrogen-bond donors (Lipinski definition) is 1. The van der Waals surface area contributed by atoms with Crippen molar-refractivity contribution in [2.45, 2.75) is 96.2 Å². The monoisotopic (exact) mass is 548 g/mol. The maximum absolute atomic E-state index is 13.8. The summed E-state index contributed by atoms with van der Waals surface area (Å²) in [5.41, 5.74) is 1.05. The Morgan fingerprint density at radius 3 is 2.40 bits per heavy atom. The summed E-state index contributed by atoms with van der Waals surface area (Å²) < 4.78 is 6.64. The van der Waals surface area contributed by atoms with E-state index in [9.17, 15) is 14.8 Å². The molecule has 2 aliphatic heterocycles. The Kier molecular flexibility index (Phi) is 8.94. The van der Waals surface area contributed by atoms with Crippen LogP contribution in [0.4, 0.5) is 0 Å². The van der Waals surface area contributed by atoms with Crippen LogP contribution >= 0.6 is 0 Å². The van der Waals surface area contributed by atoms with E-state index in [-0.39, 0.29) is 17.9 Å². The summed E-state index contributed by atoms with van der Waals surface area (Å²) in [6.07, 6.45) is 11.6. The standard InChI is InChI=1S/C32H44N4O4/c1-3-4-18-35-30(37)29(21-25-8-6-5-7-9-25)33-31(38)32(35)16-19-34(20-17-32)22-26-11-14-27(15-12-26)40-28-13-10-24(2)36(39)23-28/h10-15,23,25,29H,3-9,16-22H2,1-2H3,(H,33,38)/t29-/m0/s1. The number of aryl methyl sites for hydroxylation is 1. The Labute approximate surface area is 238 Å². The number of hydrogen-bond acceptors (Lipinski definition) is 5. The van der Waals surface area contributed by atoms with Crippen molar-refractivity contribution in [3.05, 3.63) is 59.1 Å². The number of rotatable bonds is 9.